The minimum absolute atomic E-state index is 0.139. The second kappa shape index (κ2) is 8.02. The van der Waals surface area contributed by atoms with Crippen LogP contribution in [0.15, 0.2) is 30.5 Å². The van der Waals surface area contributed by atoms with Crippen molar-refractivity contribution in [3.63, 3.8) is 0 Å². The number of carbonyl (C=O) groups is 1. The van der Waals surface area contributed by atoms with Crippen LogP contribution in [0.25, 0.3) is 22.2 Å². The maximum absolute atomic E-state index is 13.7. The van der Waals surface area contributed by atoms with Gasteiger partial charge >= 0.3 is 0 Å². The van der Waals surface area contributed by atoms with Gasteiger partial charge in [0.25, 0.3) is 5.91 Å². The number of H-pyrrole nitrogens is 1. The highest BCUT2D eigenvalue weighted by Gasteiger charge is 2.19. The van der Waals surface area contributed by atoms with E-state index < -0.39 is 0 Å². The van der Waals surface area contributed by atoms with E-state index in [2.05, 4.69) is 20.6 Å². The summed E-state index contributed by atoms with van der Waals surface area (Å²) in [5, 5.41) is 15.6. The Hall–Kier alpha value is -3.42. The number of hydrogen-bond acceptors (Lipinski definition) is 3. The average molecular weight is 423 g/mol. The van der Waals surface area contributed by atoms with Gasteiger partial charge in [0, 0.05) is 48.0 Å². The largest absolute Gasteiger partial charge is 0.350 e. The fraction of sp³-hybridized carbons (Fsp3) is 0.348. The first-order valence-electron chi connectivity index (χ1n) is 10.4. The number of benzene rings is 1. The van der Waals surface area contributed by atoms with Crippen molar-refractivity contribution in [3.8, 4) is 11.3 Å². The molecule has 0 bridgehead atoms. The van der Waals surface area contributed by atoms with E-state index in [9.17, 15) is 9.18 Å². The van der Waals surface area contributed by atoms with Crippen LogP contribution in [0.5, 0.6) is 0 Å². The van der Waals surface area contributed by atoms with Crippen LogP contribution in [0.1, 0.15) is 41.3 Å². The normalized spacial score (nSPS) is 12.5. The van der Waals surface area contributed by atoms with Gasteiger partial charge in [-0.05, 0) is 63.9 Å². The van der Waals surface area contributed by atoms with Crippen molar-refractivity contribution in [2.45, 2.75) is 46.7 Å². The third kappa shape index (κ3) is 3.85. The summed E-state index contributed by atoms with van der Waals surface area (Å²) >= 11 is 0. The van der Waals surface area contributed by atoms with Gasteiger partial charge in [-0.2, -0.15) is 10.2 Å². The highest BCUT2D eigenvalue weighted by Crippen LogP contribution is 2.26. The van der Waals surface area contributed by atoms with Crippen LogP contribution >= 0.6 is 0 Å². The van der Waals surface area contributed by atoms with E-state index in [4.69, 9.17) is 0 Å². The molecule has 1 aromatic carbocycles. The van der Waals surface area contributed by atoms with Crippen molar-refractivity contribution in [2.24, 2.45) is 7.05 Å². The van der Waals surface area contributed by atoms with E-state index in [0.29, 0.717) is 17.8 Å². The van der Waals surface area contributed by atoms with Crippen LogP contribution in [-0.2, 0) is 20.0 Å². The molecule has 162 valence electrons. The van der Waals surface area contributed by atoms with Crippen LogP contribution in [0.3, 0.4) is 0 Å². The SMILES string of the molecule is CCn1nc(C)c(-c2cc(C(=O)NC(C)Cc3cn(C)c4ccc(F)cc34)[nH]n2)c1C. The quantitative estimate of drug-likeness (QED) is 0.495. The lowest BCUT2D eigenvalue weighted by atomic mass is 10.1. The van der Waals surface area contributed by atoms with Gasteiger partial charge in [0.15, 0.2) is 0 Å². The number of aromatic amines is 1. The number of nitrogens with one attached hydrogen (secondary N) is 2. The molecule has 3 aromatic heterocycles. The summed E-state index contributed by atoms with van der Waals surface area (Å²) in [6.07, 6.45) is 2.58. The van der Waals surface area contributed by atoms with E-state index >= 15 is 0 Å². The first-order valence-corrected chi connectivity index (χ1v) is 10.4. The Balaban J connectivity index is 1.50. The Morgan fingerprint density at radius 1 is 1.29 bits per heavy atom. The van der Waals surface area contributed by atoms with Gasteiger partial charge in [-0.1, -0.05) is 0 Å². The first kappa shape index (κ1) is 20.8. The number of nitrogens with zero attached hydrogens (tertiary/aromatic N) is 4. The molecule has 0 aliphatic carbocycles. The molecule has 4 aromatic rings. The monoisotopic (exact) mass is 422 g/mol. The van der Waals surface area contributed by atoms with Gasteiger partial charge in [0.2, 0.25) is 0 Å². The molecule has 3 heterocycles. The van der Waals surface area contributed by atoms with Crippen molar-refractivity contribution >= 4 is 16.8 Å². The van der Waals surface area contributed by atoms with Crippen LogP contribution in [0.4, 0.5) is 4.39 Å². The van der Waals surface area contributed by atoms with Gasteiger partial charge in [-0.15, -0.1) is 0 Å². The third-order valence-corrected chi connectivity index (χ3v) is 5.70. The molecule has 1 amide bonds. The lowest BCUT2D eigenvalue weighted by Crippen LogP contribution is -2.34. The van der Waals surface area contributed by atoms with Crippen molar-refractivity contribution in [3.05, 3.63) is 58.9 Å². The zero-order valence-corrected chi connectivity index (χ0v) is 18.5. The zero-order chi connectivity index (χ0) is 22.3. The molecule has 0 radical (unpaired) electrons. The summed E-state index contributed by atoms with van der Waals surface area (Å²) in [6.45, 7) is 8.70. The highest BCUT2D eigenvalue weighted by atomic mass is 19.1. The number of hydrogen-bond donors (Lipinski definition) is 2. The second-order valence-corrected chi connectivity index (χ2v) is 8.03. The number of aromatic nitrogens is 5. The minimum atomic E-state index is -0.265. The molecule has 2 N–H and O–H groups in total. The Bertz CT molecular complexity index is 1260. The fourth-order valence-electron chi connectivity index (χ4n) is 4.23. The Kier molecular flexibility index (Phi) is 5.39. The topological polar surface area (TPSA) is 80.5 Å². The van der Waals surface area contributed by atoms with Crippen LogP contribution < -0.4 is 5.32 Å². The van der Waals surface area contributed by atoms with E-state index in [0.717, 1.165) is 40.0 Å². The molecule has 0 aliphatic heterocycles. The lowest BCUT2D eigenvalue weighted by molar-refractivity contribution is 0.0935. The van der Waals surface area contributed by atoms with Gasteiger partial charge in [-0.25, -0.2) is 4.39 Å². The van der Waals surface area contributed by atoms with E-state index in [-0.39, 0.29) is 17.8 Å². The smallest absolute Gasteiger partial charge is 0.269 e. The summed E-state index contributed by atoms with van der Waals surface area (Å²) in [4.78, 5) is 12.8. The van der Waals surface area contributed by atoms with Crippen molar-refractivity contribution in [1.29, 1.82) is 0 Å². The molecule has 0 spiro atoms. The number of carbonyl (C=O) groups excluding carboxylic acids is 1. The predicted octanol–water partition coefficient (Wildman–Crippen LogP) is 3.90. The van der Waals surface area contributed by atoms with Crippen LogP contribution in [0.2, 0.25) is 0 Å². The lowest BCUT2D eigenvalue weighted by Gasteiger charge is -2.12. The Morgan fingerprint density at radius 3 is 2.77 bits per heavy atom. The minimum Gasteiger partial charge on any atom is -0.350 e. The van der Waals surface area contributed by atoms with Crippen molar-refractivity contribution in [1.82, 2.24) is 29.9 Å². The maximum Gasteiger partial charge on any atom is 0.269 e. The molecule has 7 nitrogen and oxygen atoms in total. The molecule has 1 atom stereocenters. The number of fused-ring (bicyclic) bond motifs is 1. The molecule has 0 saturated carbocycles. The zero-order valence-electron chi connectivity index (χ0n) is 18.5. The molecular formula is C23H27FN6O. The van der Waals surface area contributed by atoms with E-state index in [1.54, 1.807) is 18.2 Å². The van der Waals surface area contributed by atoms with Crippen molar-refractivity contribution < 1.29 is 9.18 Å². The highest BCUT2D eigenvalue weighted by molar-refractivity contribution is 5.93. The number of rotatable bonds is 6. The molecule has 0 fully saturated rings. The van der Waals surface area contributed by atoms with E-state index in [1.165, 1.54) is 6.07 Å². The molecule has 0 saturated heterocycles. The maximum atomic E-state index is 13.7. The molecule has 0 aliphatic rings. The standard InChI is InChI=1S/C23H27FN6O/c1-6-30-15(4)22(14(3)28-30)19-11-20(27-26-19)23(31)25-13(2)9-16-12-29(5)21-8-7-17(24)10-18(16)21/h7-8,10-13H,6,9H2,1-5H3,(H,25,31)(H,26,27). The first-order chi connectivity index (χ1) is 14.8. The summed E-state index contributed by atoms with van der Waals surface area (Å²) in [5.74, 6) is -0.491. The predicted molar refractivity (Wildman–Crippen MR) is 118 cm³/mol. The third-order valence-electron chi connectivity index (χ3n) is 5.70. The van der Waals surface area contributed by atoms with Crippen LogP contribution in [-0.4, -0.2) is 36.5 Å². The van der Waals surface area contributed by atoms with Gasteiger partial charge in [-0.3, -0.25) is 14.6 Å². The summed E-state index contributed by atoms with van der Waals surface area (Å²) in [6, 6.07) is 6.39. The van der Waals surface area contributed by atoms with E-state index in [1.807, 2.05) is 50.2 Å². The molecule has 1 unspecified atom stereocenters. The molecule has 4 rings (SSSR count). The Labute approximate surface area is 180 Å². The molecule has 8 heteroatoms. The van der Waals surface area contributed by atoms with Crippen LogP contribution in [0, 0.1) is 19.7 Å². The summed E-state index contributed by atoms with van der Waals surface area (Å²) in [7, 11) is 1.93. The van der Waals surface area contributed by atoms with Gasteiger partial charge in [0.1, 0.15) is 11.5 Å². The summed E-state index contributed by atoms with van der Waals surface area (Å²) < 4.78 is 17.6. The Morgan fingerprint density at radius 2 is 2.06 bits per heavy atom. The van der Waals surface area contributed by atoms with Gasteiger partial charge in [0.05, 0.1) is 11.4 Å². The summed E-state index contributed by atoms with van der Waals surface area (Å²) in [5.41, 5.74) is 5.91. The number of amides is 1. The average Bonchev–Trinajstić information content (AvgIpc) is 3.38. The second-order valence-electron chi connectivity index (χ2n) is 8.03. The molecular weight excluding hydrogens is 395 g/mol. The van der Waals surface area contributed by atoms with Gasteiger partial charge < -0.3 is 9.88 Å². The number of aryl methyl sites for hydroxylation is 3. The fourth-order valence-corrected chi connectivity index (χ4v) is 4.23. The van der Waals surface area contributed by atoms with Crippen molar-refractivity contribution in [2.75, 3.05) is 0 Å². The molecule has 31 heavy (non-hydrogen) atoms. The number of halogens is 1.